The fourth-order valence-corrected chi connectivity index (χ4v) is 6.13. The molecular formula is C37H37Cl4N5Ni2O2-2. The third kappa shape index (κ3) is 10.0. The summed E-state index contributed by atoms with van der Waals surface area (Å²) in [5.74, 6) is 1.67. The van der Waals surface area contributed by atoms with E-state index in [2.05, 4.69) is 71.1 Å². The van der Waals surface area contributed by atoms with E-state index in [9.17, 15) is 10.1 Å². The molecule has 5 aromatic rings. The molecule has 0 N–H and O–H groups in total. The molecular weight excluding hydrogens is 806 g/mol. The van der Waals surface area contributed by atoms with Gasteiger partial charge in [-0.25, -0.2) is 9.15 Å². The maximum absolute atomic E-state index is 12.2. The van der Waals surface area contributed by atoms with E-state index < -0.39 is 0 Å². The number of hydrogen-bond acceptors (Lipinski definition) is 4. The number of benzene rings is 3. The van der Waals surface area contributed by atoms with Crippen LogP contribution in [0.15, 0.2) is 85.2 Å². The fourth-order valence-electron chi connectivity index (χ4n) is 6.13. The predicted molar refractivity (Wildman–Crippen MR) is 183 cm³/mol. The first-order valence-corrected chi connectivity index (χ1v) is 14.7. The Bertz CT molecular complexity index is 1800. The zero-order chi connectivity index (χ0) is 31.5. The van der Waals surface area contributed by atoms with Gasteiger partial charge in [-0.05, 0) is 145 Å². The average Bonchev–Trinajstić information content (AvgIpc) is 3.01. The van der Waals surface area contributed by atoms with Crippen LogP contribution < -0.4 is 58.8 Å². The van der Waals surface area contributed by atoms with Crippen molar-refractivity contribution in [1.82, 2.24) is 19.1 Å². The van der Waals surface area contributed by atoms with Gasteiger partial charge in [0.15, 0.2) is 0 Å². The Balaban J connectivity index is 0. The molecule has 0 spiro atoms. The van der Waals surface area contributed by atoms with Crippen molar-refractivity contribution in [2.75, 3.05) is 0 Å². The first-order valence-electron chi connectivity index (χ1n) is 14.7. The molecule has 0 aliphatic rings. The summed E-state index contributed by atoms with van der Waals surface area (Å²) >= 11 is 0. The van der Waals surface area contributed by atoms with Crippen LogP contribution in [0.4, 0.5) is 28.7 Å². The molecule has 7 nitrogen and oxygen atoms in total. The summed E-state index contributed by atoms with van der Waals surface area (Å²) < 4.78 is 4.16. The zero-order valence-corrected chi connectivity index (χ0v) is 33.4. The van der Waals surface area contributed by atoms with E-state index in [4.69, 9.17) is 0 Å². The molecule has 0 amide bonds. The maximum atomic E-state index is 12.2. The Hall–Kier alpha value is -3.15. The van der Waals surface area contributed by atoms with Crippen molar-refractivity contribution >= 4 is 41.1 Å². The Morgan fingerprint density at radius 3 is 1.18 bits per heavy atom. The molecule has 3 aromatic carbocycles. The maximum Gasteiger partial charge on any atom is 0.327 e. The molecule has 0 aliphatic heterocycles. The second-order valence-corrected chi connectivity index (χ2v) is 11.0. The first kappa shape index (κ1) is 49.0. The van der Waals surface area contributed by atoms with Gasteiger partial charge in [0.2, 0.25) is 0 Å². The van der Waals surface area contributed by atoms with E-state index in [1.807, 2.05) is 69.6 Å². The normalized spacial score (nSPS) is 10.5. The van der Waals surface area contributed by atoms with Crippen LogP contribution in [-0.4, -0.2) is 27.3 Å². The van der Waals surface area contributed by atoms with Gasteiger partial charge in [0.25, 0.3) is 5.69 Å². The van der Waals surface area contributed by atoms with Gasteiger partial charge < -0.3 is 49.6 Å². The smallest absolute Gasteiger partial charge is 0.327 e. The molecule has 0 fully saturated rings. The van der Waals surface area contributed by atoms with Crippen molar-refractivity contribution in [2.24, 2.45) is 0 Å². The standard InChI is InChI=1S/C37H37N5O2.4ClH.2Ni/c1-8-40(34-14-10-12-16-38-34)36-24(3)18-29(19-25(36)4)32-22-31(42(43)44)23-33(28(32)7)30-20-26(5)37(27(6)21-30)41(9-2)35-15-11-13-17-39-35;;;;;;/h8-23H,1-7H3;4*1H;;/q+2;;;;;;/p-4. The number of aryl methyl sites for hydroxylation is 4. The molecule has 0 saturated heterocycles. The van der Waals surface area contributed by atoms with E-state index in [1.165, 1.54) is 0 Å². The van der Waals surface area contributed by atoms with E-state index in [0.29, 0.717) is 0 Å². The molecule has 2 heterocycles. The molecule has 50 heavy (non-hydrogen) atoms. The van der Waals surface area contributed by atoms with E-state index in [-0.39, 0.29) is 93.2 Å². The molecule has 13 heteroatoms. The Morgan fingerprint density at radius 2 is 0.920 bits per heavy atom. The van der Waals surface area contributed by atoms with Crippen molar-refractivity contribution in [3.8, 4) is 22.3 Å². The van der Waals surface area contributed by atoms with Crippen molar-refractivity contribution in [3.63, 3.8) is 0 Å². The molecule has 0 atom stereocenters. The predicted octanol–water partition coefficient (Wildman–Crippen LogP) is -2.88. The molecule has 0 radical (unpaired) electrons. The molecule has 2 aromatic heterocycles. The van der Waals surface area contributed by atoms with Crippen molar-refractivity contribution in [2.45, 2.75) is 48.5 Å². The van der Waals surface area contributed by atoms with Gasteiger partial charge in [-0.1, -0.05) is 12.1 Å². The van der Waals surface area contributed by atoms with Crippen molar-refractivity contribution in [1.29, 1.82) is 0 Å². The van der Waals surface area contributed by atoms with Crippen LogP contribution in [0.3, 0.4) is 0 Å². The fraction of sp³-hybridized carbons (Fsp3) is 0.189. The zero-order valence-electron chi connectivity index (χ0n) is 28.4. The topological polar surface area (TPSA) is 74.9 Å². The van der Waals surface area contributed by atoms with E-state index in [1.54, 1.807) is 24.5 Å². The molecule has 0 unspecified atom stereocenters. The minimum Gasteiger partial charge on any atom is -1.00 e. The number of nitro groups is 1. The van der Waals surface area contributed by atoms with Crippen molar-refractivity contribution in [3.05, 3.63) is 123 Å². The van der Waals surface area contributed by atoms with Gasteiger partial charge in [-0.3, -0.25) is 10.1 Å². The van der Waals surface area contributed by atoms with Gasteiger partial charge >= 0.3 is 11.6 Å². The van der Waals surface area contributed by atoms with Crippen LogP contribution in [-0.2, 0) is 33.0 Å². The summed E-state index contributed by atoms with van der Waals surface area (Å²) in [6.45, 7) is 14.3. The van der Waals surface area contributed by atoms with Gasteiger partial charge in [0.05, 0.1) is 17.4 Å². The minimum atomic E-state index is -0.307. The number of nitrogens with zero attached hydrogens (tertiary/aromatic N) is 5. The second-order valence-electron chi connectivity index (χ2n) is 11.0. The van der Waals surface area contributed by atoms with Gasteiger partial charge in [0, 0.05) is 57.2 Å². The Kier molecular flexibility index (Phi) is 20.8. The van der Waals surface area contributed by atoms with E-state index >= 15 is 0 Å². The number of aromatic nitrogens is 2. The summed E-state index contributed by atoms with van der Waals surface area (Å²) in [5, 5.41) is 12.2. The Morgan fingerprint density at radius 1 is 0.580 bits per heavy atom. The van der Waals surface area contributed by atoms with Gasteiger partial charge in [-0.15, -0.1) is 0 Å². The second kappa shape index (κ2) is 21.3. The summed E-state index contributed by atoms with van der Waals surface area (Å²) in [6.07, 6.45) is 7.58. The number of pyridine rings is 2. The van der Waals surface area contributed by atoms with E-state index in [0.717, 1.165) is 73.1 Å². The number of nitro benzene ring substituents is 1. The number of rotatable bonds is 7. The van der Waals surface area contributed by atoms with Crippen LogP contribution in [0.5, 0.6) is 0 Å². The van der Waals surface area contributed by atoms with Crippen LogP contribution in [0.2, 0.25) is 0 Å². The Labute approximate surface area is 339 Å². The molecule has 5 rings (SSSR count). The quantitative estimate of drug-likeness (QED) is 0.0582. The minimum absolute atomic E-state index is 0. The first-order chi connectivity index (χ1) is 21.1. The van der Waals surface area contributed by atoms with Crippen LogP contribution in [0.25, 0.3) is 22.3 Å². The molecule has 272 valence electrons. The van der Waals surface area contributed by atoms with Crippen LogP contribution in [0.1, 0.15) is 41.7 Å². The largest absolute Gasteiger partial charge is 1.00 e. The SMILES string of the molecule is CC=[N+](c1ccccn1)c1c(C)cc(-c2cc([N+](=O)[O-])cc(-c3cc(C)c([N+](=CC)c4ccccn4)c(C)c3)c2C)cc1C.[Cl-].[Cl-].[Cl-].[Cl-].[Ni].[Ni]. The average molecular weight is 843 g/mol. The van der Waals surface area contributed by atoms with Gasteiger partial charge in [-0.2, -0.15) is 0 Å². The summed E-state index contributed by atoms with van der Waals surface area (Å²) in [5.41, 5.74) is 10.9. The summed E-state index contributed by atoms with van der Waals surface area (Å²) in [4.78, 5) is 21.0. The summed E-state index contributed by atoms with van der Waals surface area (Å²) in [7, 11) is 0. The van der Waals surface area contributed by atoms with Crippen molar-refractivity contribution < 1.29 is 87.5 Å². The molecule has 0 saturated carbocycles. The number of halogens is 4. The monoisotopic (exact) mass is 839 g/mol. The number of hydrogen-bond donors (Lipinski definition) is 0. The number of non-ortho nitro benzene ring substituents is 1. The third-order valence-electron chi connectivity index (χ3n) is 8.00. The summed E-state index contributed by atoms with van der Waals surface area (Å²) in [6, 6.07) is 23.5. The van der Waals surface area contributed by atoms with Crippen LogP contribution in [0, 0.1) is 44.7 Å². The molecule has 0 bridgehead atoms. The van der Waals surface area contributed by atoms with Gasteiger partial charge in [0.1, 0.15) is 23.8 Å². The molecule has 0 aliphatic carbocycles. The van der Waals surface area contributed by atoms with Crippen LogP contribution >= 0.6 is 0 Å². The third-order valence-corrected chi connectivity index (χ3v) is 8.00.